The van der Waals surface area contributed by atoms with Crippen molar-refractivity contribution in [2.45, 2.75) is 30.8 Å². The molecule has 5 nitrogen and oxygen atoms in total. The minimum absolute atomic E-state index is 0.0848. The fourth-order valence-electron chi connectivity index (χ4n) is 4.55. The molecule has 0 bridgehead atoms. The summed E-state index contributed by atoms with van der Waals surface area (Å²) in [6.07, 6.45) is 1.27. The highest BCUT2D eigenvalue weighted by Gasteiger charge is 2.53. The summed E-state index contributed by atoms with van der Waals surface area (Å²) < 4.78 is 19.1. The number of nitriles is 1. The van der Waals surface area contributed by atoms with Crippen molar-refractivity contribution in [3.63, 3.8) is 0 Å². The summed E-state index contributed by atoms with van der Waals surface area (Å²) >= 11 is 0. The topological polar surface area (TPSA) is 73.6 Å². The largest absolute Gasteiger partial charge is 0.394 e. The molecule has 2 fully saturated rings. The zero-order chi connectivity index (χ0) is 20.4. The Hall–Kier alpha value is -2.75. The van der Waals surface area contributed by atoms with E-state index in [4.69, 9.17) is 4.74 Å². The van der Waals surface area contributed by atoms with Gasteiger partial charge in [0.1, 0.15) is 11.9 Å². The minimum atomic E-state index is -0.655. The average Bonchev–Trinajstić information content (AvgIpc) is 2.74. The molecule has 150 valence electrons. The van der Waals surface area contributed by atoms with E-state index < -0.39 is 12.1 Å². The maximum absolute atomic E-state index is 13.8. The molecule has 2 aromatic carbocycles. The number of hydrogen-bond donors (Lipinski definition) is 1. The molecule has 2 aliphatic heterocycles. The number of nitrogens with zero attached hydrogens (tertiary/aromatic N) is 2. The van der Waals surface area contributed by atoms with E-state index in [1.54, 1.807) is 11.0 Å². The van der Waals surface area contributed by atoms with E-state index in [1.807, 2.05) is 30.3 Å². The molecule has 4 rings (SSSR count). The highest BCUT2D eigenvalue weighted by atomic mass is 19.1. The Balaban J connectivity index is 1.67. The number of likely N-dealkylation sites (tertiary alicyclic amines) is 1. The summed E-state index contributed by atoms with van der Waals surface area (Å²) in [5.74, 6) is -0.919. The summed E-state index contributed by atoms with van der Waals surface area (Å²) in [5, 5.41) is 19.9. The van der Waals surface area contributed by atoms with Crippen molar-refractivity contribution in [3.05, 3.63) is 59.9 Å². The number of carbonyl (C=O) groups excluding carboxylic acids is 1. The quantitative estimate of drug-likeness (QED) is 0.865. The van der Waals surface area contributed by atoms with Crippen LogP contribution in [0.3, 0.4) is 0 Å². The van der Waals surface area contributed by atoms with Gasteiger partial charge in [0.2, 0.25) is 5.91 Å². The first-order valence-corrected chi connectivity index (χ1v) is 9.91. The molecule has 0 unspecified atom stereocenters. The van der Waals surface area contributed by atoms with Crippen molar-refractivity contribution in [1.29, 1.82) is 5.26 Å². The average molecular weight is 394 g/mol. The zero-order valence-electron chi connectivity index (χ0n) is 16.0. The normalized spacial score (nSPS) is 24.6. The summed E-state index contributed by atoms with van der Waals surface area (Å²) in [7, 11) is 0. The first-order chi connectivity index (χ1) is 14.2. The van der Waals surface area contributed by atoms with E-state index in [2.05, 4.69) is 6.07 Å². The van der Waals surface area contributed by atoms with Gasteiger partial charge in [-0.1, -0.05) is 36.4 Å². The standard InChI is InChI=1S/C23H23FN2O3/c24-17-5-3-4-16(12-17)18-6-1-2-7-19(18)22-20(13-25)26(21(22)14-27)23(28)15-8-10-29-11-9-15/h1-7,12,15,20-22,27H,8-11,14H2/t20-,21-,22+/m0/s1. The molecule has 2 aromatic rings. The SMILES string of the molecule is N#C[C@H]1[C@@H](c2ccccc2-c2cccc(F)c2)[C@H](CO)N1C(=O)C1CCOCC1. The molecule has 1 amide bonds. The second-order valence-corrected chi connectivity index (χ2v) is 7.58. The molecule has 0 saturated carbocycles. The Bertz CT molecular complexity index is 936. The van der Waals surface area contributed by atoms with Gasteiger partial charge < -0.3 is 14.7 Å². The van der Waals surface area contributed by atoms with Crippen LogP contribution < -0.4 is 0 Å². The molecule has 2 saturated heterocycles. The molecule has 2 heterocycles. The molecule has 3 atom stereocenters. The summed E-state index contributed by atoms with van der Waals surface area (Å²) in [6, 6.07) is 15.0. The van der Waals surface area contributed by atoms with E-state index in [1.165, 1.54) is 12.1 Å². The predicted molar refractivity (Wildman–Crippen MR) is 105 cm³/mol. The molecule has 0 spiro atoms. The van der Waals surface area contributed by atoms with Crippen LogP contribution in [0, 0.1) is 23.1 Å². The van der Waals surface area contributed by atoms with Gasteiger partial charge >= 0.3 is 0 Å². The van der Waals surface area contributed by atoms with Gasteiger partial charge in [0.25, 0.3) is 0 Å². The molecular weight excluding hydrogens is 371 g/mol. The molecular formula is C23H23FN2O3. The van der Waals surface area contributed by atoms with Crippen LogP contribution in [-0.4, -0.2) is 47.8 Å². The Morgan fingerprint density at radius 3 is 2.66 bits per heavy atom. The van der Waals surface area contributed by atoms with E-state index in [0.717, 1.165) is 11.1 Å². The highest BCUT2D eigenvalue weighted by Crippen LogP contribution is 2.45. The van der Waals surface area contributed by atoms with Crippen LogP contribution >= 0.6 is 0 Å². The lowest BCUT2D eigenvalue weighted by molar-refractivity contribution is -0.154. The maximum Gasteiger partial charge on any atom is 0.227 e. The summed E-state index contributed by atoms with van der Waals surface area (Å²) in [6.45, 7) is 0.851. The van der Waals surface area contributed by atoms with E-state index in [0.29, 0.717) is 31.6 Å². The number of aliphatic hydroxyl groups is 1. The number of aliphatic hydroxyl groups excluding tert-OH is 1. The van der Waals surface area contributed by atoms with Crippen LogP contribution in [-0.2, 0) is 9.53 Å². The van der Waals surface area contributed by atoms with E-state index in [-0.39, 0.29) is 30.2 Å². The van der Waals surface area contributed by atoms with Crippen LogP contribution in [0.4, 0.5) is 4.39 Å². The van der Waals surface area contributed by atoms with Gasteiger partial charge in [-0.2, -0.15) is 5.26 Å². The number of benzene rings is 2. The molecule has 1 N–H and O–H groups in total. The van der Waals surface area contributed by atoms with Crippen LogP contribution in [0.5, 0.6) is 0 Å². The minimum Gasteiger partial charge on any atom is -0.394 e. The molecule has 0 aromatic heterocycles. The van der Waals surface area contributed by atoms with Crippen LogP contribution in [0.1, 0.15) is 24.3 Å². The van der Waals surface area contributed by atoms with Crippen molar-refractivity contribution in [3.8, 4) is 17.2 Å². The first kappa shape index (κ1) is 19.6. The van der Waals surface area contributed by atoms with E-state index in [9.17, 15) is 19.6 Å². The number of hydrogen-bond acceptors (Lipinski definition) is 4. The molecule has 0 aliphatic carbocycles. The van der Waals surface area contributed by atoms with Gasteiger partial charge in [0.05, 0.1) is 18.7 Å². The zero-order valence-corrected chi connectivity index (χ0v) is 16.0. The van der Waals surface area contributed by atoms with Crippen molar-refractivity contribution in [2.24, 2.45) is 5.92 Å². The highest BCUT2D eigenvalue weighted by molar-refractivity contribution is 5.82. The van der Waals surface area contributed by atoms with Gasteiger partial charge in [-0.3, -0.25) is 4.79 Å². The Kier molecular flexibility index (Phi) is 5.61. The monoisotopic (exact) mass is 394 g/mol. The van der Waals surface area contributed by atoms with Crippen LogP contribution in [0.25, 0.3) is 11.1 Å². The molecule has 0 radical (unpaired) electrons. The fraction of sp³-hybridized carbons (Fsp3) is 0.391. The number of amides is 1. The Morgan fingerprint density at radius 2 is 1.97 bits per heavy atom. The van der Waals surface area contributed by atoms with Crippen molar-refractivity contribution < 1.29 is 19.0 Å². The van der Waals surface area contributed by atoms with Gasteiger partial charge in [-0.25, -0.2) is 4.39 Å². The lowest BCUT2D eigenvalue weighted by atomic mass is 9.72. The van der Waals surface area contributed by atoms with Crippen molar-refractivity contribution in [2.75, 3.05) is 19.8 Å². The second kappa shape index (κ2) is 8.32. The third-order valence-corrected chi connectivity index (χ3v) is 6.01. The van der Waals surface area contributed by atoms with Gasteiger partial charge in [0, 0.05) is 25.0 Å². The number of rotatable bonds is 4. The maximum atomic E-state index is 13.8. The second-order valence-electron chi connectivity index (χ2n) is 7.58. The van der Waals surface area contributed by atoms with Crippen molar-refractivity contribution in [1.82, 2.24) is 4.90 Å². The predicted octanol–water partition coefficient (Wildman–Crippen LogP) is 3.10. The summed E-state index contributed by atoms with van der Waals surface area (Å²) in [4.78, 5) is 14.6. The third kappa shape index (κ3) is 3.52. The number of halogens is 1. The molecule has 29 heavy (non-hydrogen) atoms. The number of carbonyl (C=O) groups is 1. The lowest BCUT2D eigenvalue weighted by Crippen LogP contribution is -2.66. The lowest BCUT2D eigenvalue weighted by Gasteiger charge is -2.53. The first-order valence-electron chi connectivity index (χ1n) is 9.91. The smallest absolute Gasteiger partial charge is 0.227 e. The summed E-state index contributed by atoms with van der Waals surface area (Å²) in [5.41, 5.74) is 2.37. The van der Waals surface area contributed by atoms with E-state index >= 15 is 0 Å². The van der Waals surface area contributed by atoms with Crippen LogP contribution in [0.15, 0.2) is 48.5 Å². The van der Waals surface area contributed by atoms with Gasteiger partial charge in [0.15, 0.2) is 0 Å². The number of ether oxygens (including phenoxy) is 1. The van der Waals surface area contributed by atoms with Gasteiger partial charge in [-0.15, -0.1) is 0 Å². The molecule has 6 heteroatoms. The van der Waals surface area contributed by atoms with Crippen LogP contribution in [0.2, 0.25) is 0 Å². The Morgan fingerprint density at radius 1 is 1.21 bits per heavy atom. The Labute approximate surface area is 169 Å². The third-order valence-electron chi connectivity index (χ3n) is 6.01. The van der Waals surface area contributed by atoms with Gasteiger partial charge in [-0.05, 0) is 41.7 Å². The fourth-order valence-corrected chi connectivity index (χ4v) is 4.55. The molecule has 2 aliphatic rings. The van der Waals surface area contributed by atoms with Crippen molar-refractivity contribution >= 4 is 5.91 Å².